The number of para-hydroxylation sites is 2. The molecule has 232 valence electrons. The molecule has 3 aromatic carbocycles. The maximum absolute atomic E-state index is 6.84. The molecule has 7 nitrogen and oxygen atoms in total. The fraction of sp³-hybridized carbons (Fsp3) is 0.471. The Morgan fingerprint density at radius 3 is 1.98 bits per heavy atom. The average molecular weight is 627 g/mol. The summed E-state index contributed by atoms with van der Waals surface area (Å²) in [4.78, 5) is 0. The second-order valence-electron chi connectivity index (χ2n) is 11.9. The minimum Gasteiger partial charge on any atom is -0.417 e. The molecular weight excluding hydrogens is 582 g/mol. The lowest BCUT2D eigenvalue weighted by atomic mass is 10.0. The van der Waals surface area contributed by atoms with Crippen molar-refractivity contribution in [3.05, 3.63) is 95.1 Å². The summed E-state index contributed by atoms with van der Waals surface area (Å²) in [7, 11) is -2.89. The van der Waals surface area contributed by atoms with Gasteiger partial charge in [0.2, 0.25) is 0 Å². The summed E-state index contributed by atoms with van der Waals surface area (Å²) < 4.78 is 45.1. The summed E-state index contributed by atoms with van der Waals surface area (Å²) in [6, 6.07) is 24.0. The number of hydrogen-bond donors (Lipinski definition) is 0. The van der Waals surface area contributed by atoms with Gasteiger partial charge >= 0.3 is 8.60 Å². The second-order valence-corrected chi connectivity index (χ2v) is 15.7. The largest absolute Gasteiger partial charge is 0.463 e. The summed E-state index contributed by atoms with van der Waals surface area (Å²) >= 11 is 0. The minimum atomic E-state index is -1.74. The molecule has 2 saturated heterocycles. The number of aryl methyl sites for hydroxylation is 2. The van der Waals surface area contributed by atoms with Gasteiger partial charge in [-0.25, -0.2) is 0 Å². The van der Waals surface area contributed by atoms with Gasteiger partial charge in [0.25, 0.3) is 0 Å². The Bertz CT molecular complexity index is 1340. The van der Waals surface area contributed by atoms with Gasteiger partial charge in [-0.1, -0.05) is 60.7 Å². The van der Waals surface area contributed by atoms with Crippen molar-refractivity contribution >= 4 is 16.8 Å². The summed E-state index contributed by atoms with van der Waals surface area (Å²) in [6.45, 7) is 15.8. The number of fused-ring (bicyclic) bond motifs is 2. The molecule has 0 aliphatic carbocycles. The third kappa shape index (κ3) is 7.60. The quantitative estimate of drug-likeness (QED) is 0.186. The van der Waals surface area contributed by atoms with Crippen LogP contribution in [-0.2, 0) is 36.5 Å². The molecule has 0 aromatic heterocycles. The first-order chi connectivity index (χ1) is 20.5. The van der Waals surface area contributed by atoms with E-state index in [1.807, 2.05) is 88.4 Å². The van der Waals surface area contributed by atoms with Gasteiger partial charge < -0.3 is 27.8 Å². The van der Waals surface area contributed by atoms with E-state index < -0.39 is 33.2 Å². The Morgan fingerprint density at radius 2 is 1.40 bits per heavy atom. The van der Waals surface area contributed by atoms with E-state index in [1.54, 1.807) is 0 Å². The molecule has 0 spiro atoms. The van der Waals surface area contributed by atoms with Crippen molar-refractivity contribution in [2.45, 2.75) is 97.1 Å². The van der Waals surface area contributed by atoms with Gasteiger partial charge in [0.15, 0.2) is 5.79 Å². The Hall–Kier alpha value is -2.08. The molecule has 3 aromatic rings. The molecule has 0 amide bonds. The van der Waals surface area contributed by atoms with E-state index in [1.165, 1.54) is 0 Å². The first-order valence-corrected chi connectivity index (χ1v) is 17.3. The van der Waals surface area contributed by atoms with Crippen LogP contribution < -0.4 is 9.05 Å². The predicted molar refractivity (Wildman–Crippen MR) is 171 cm³/mol. The summed E-state index contributed by atoms with van der Waals surface area (Å²) in [5.74, 6) is 0.774. The molecule has 5 unspecified atom stereocenters. The van der Waals surface area contributed by atoms with Crippen LogP contribution >= 0.6 is 16.8 Å². The fourth-order valence-corrected chi connectivity index (χ4v) is 10.5. The van der Waals surface area contributed by atoms with Crippen molar-refractivity contribution in [2.75, 3.05) is 6.61 Å². The minimum absolute atomic E-state index is 0.0740. The van der Waals surface area contributed by atoms with Gasteiger partial charge in [-0.15, -0.1) is 0 Å². The van der Waals surface area contributed by atoms with E-state index in [9.17, 15) is 0 Å². The molecule has 0 saturated carbocycles. The molecule has 2 aliphatic rings. The number of rotatable bonds is 12. The molecular formula is C34H44O7P2. The maximum atomic E-state index is 6.84. The van der Waals surface area contributed by atoms with Crippen molar-refractivity contribution < 1.29 is 32.3 Å². The molecule has 5 rings (SSSR count). The number of ether oxygens (including phenoxy) is 3. The van der Waals surface area contributed by atoms with Crippen LogP contribution in [0.2, 0.25) is 0 Å². The third-order valence-corrected chi connectivity index (χ3v) is 11.5. The SMILES string of the molecule is CCOC1(C)CC2(C)OC(C)CC(C)(O2)P1OCc1ccccc1COP(Oc1ccccc1C)Oc1ccccc1C. The van der Waals surface area contributed by atoms with Gasteiger partial charge in [-0.05, 0) is 82.9 Å². The van der Waals surface area contributed by atoms with Crippen molar-refractivity contribution in [2.24, 2.45) is 0 Å². The third-order valence-electron chi connectivity index (χ3n) is 7.84. The van der Waals surface area contributed by atoms with Gasteiger partial charge in [-0.3, -0.25) is 4.52 Å². The molecule has 2 heterocycles. The highest BCUT2D eigenvalue weighted by Crippen LogP contribution is 2.71. The zero-order valence-electron chi connectivity index (χ0n) is 26.3. The predicted octanol–water partition coefficient (Wildman–Crippen LogP) is 9.53. The highest BCUT2D eigenvalue weighted by Gasteiger charge is 2.62. The molecule has 0 radical (unpaired) electrons. The Kier molecular flexibility index (Phi) is 10.1. The van der Waals surface area contributed by atoms with E-state index in [-0.39, 0.29) is 6.10 Å². The standard InChI is InChI=1S/C34H44O7P2/c1-8-35-34(7)24-32(5)38-27(4)21-33(6,41-32)42(34)36-22-28-17-11-12-18-29(28)23-37-43(39-30-19-13-9-15-25(30)2)40-31-20-14-10-16-26(31)3/h9-20,27H,8,21-24H2,1-7H3. The average Bonchev–Trinajstić information content (AvgIpc) is 2.93. The summed E-state index contributed by atoms with van der Waals surface area (Å²) in [5.41, 5.74) is 4.09. The Balaban J connectivity index is 1.33. The van der Waals surface area contributed by atoms with Crippen LogP contribution in [0.5, 0.6) is 11.5 Å². The van der Waals surface area contributed by atoms with Crippen LogP contribution in [0, 0.1) is 13.8 Å². The monoisotopic (exact) mass is 626 g/mol. The van der Waals surface area contributed by atoms with Crippen LogP contribution in [0.15, 0.2) is 72.8 Å². The highest BCUT2D eigenvalue weighted by atomic mass is 31.2. The Labute approximate surface area is 259 Å². The van der Waals surface area contributed by atoms with Crippen LogP contribution in [0.3, 0.4) is 0 Å². The van der Waals surface area contributed by atoms with E-state index in [4.69, 9.17) is 32.3 Å². The van der Waals surface area contributed by atoms with E-state index in [0.29, 0.717) is 26.2 Å². The number of benzene rings is 3. The molecule has 2 fully saturated rings. The topological polar surface area (TPSA) is 64.6 Å². The van der Waals surface area contributed by atoms with Crippen LogP contribution in [0.1, 0.15) is 69.7 Å². The smallest absolute Gasteiger partial charge is 0.417 e. The number of hydrogen-bond acceptors (Lipinski definition) is 7. The molecule has 9 heteroatoms. The van der Waals surface area contributed by atoms with E-state index in [0.717, 1.165) is 40.2 Å². The molecule has 5 atom stereocenters. The molecule has 0 N–H and O–H groups in total. The first kappa shape index (κ1) is 32.3. The van der Waals surface area contributed by atoms with Gasteiger partial charge in [0.05, 0.1) is 27.5 Å². The van der Waals surface area contributed by atoms with Crippen LogP contribution in [0.25, 0.3) is 0 Å². The van der Waals surface area contributed by atoms with Gasteiger partial charge in [-0.2, -0.15) is 0 Å². The first-order valence-electron chi connectivity index (χ1n) is 14.9. The molecule has 43 heavy (non-hydrogen) atoms. The van der Waals surface area contributed by atoms with Crippen LogP contribution in [-0.4, -0.2) is 29.2 Å². The zero-order chi connectivity index (χ0) is 30.7. The Morgan fingerprint density at radius 1 is 0.837 bits per heavy atom. The van der Waals surface area contributed by atoms with E-state index >= 15 is 0 Å². The fourth-order valence-electron chi connectivity index (χ4n) is 6.24. The van der Waals surface area contributed by atoms with Crippen molar-refractivity contribution in [3.63, 3.8) is 0 Å². The maximum Gasteiger partial charge on any atom is 0.463 e. The molecule has 2 bridgehead atoms. The zero-order valence-corrected chi connectivity index (χ0v) is 28.1. The second kappa shape index (κ2) is 13.5. The molecule has 2 aliphatic heterocycles. The van der Waals surface area contributed by atoms with Crippen molar-refractivity contribution in [1.82, 2.24) is 0 Å². The van der Waals surface area contributed by atoms with Crippen molar-refractivity contribution in [1.29, 1.82) is 0 Å². The lowest BCUT2D eigenvalue weighted by molar-refractivity contribution is -0.337. The highest BCUT2D eigenvalue weighted by molar-refractivity contribution is 7.55. The van der Waals surface area contributed by atoms with Gasteiger partial charge in [0.1, 0.15) is 22.2 Å². The summed E-state index contributed by atoms with van der Waals surface area (Å²) in [5, 5.41) is -0.999. The van der Waals surface area contributed by atoms with Crippen LogP contribution in [0.4, 0.5) is 0 Å². The van der Waals surface area contributed by atoms with Crippen molar-refractivity contribution in [3.8, 4) is 11.5 Å². The lowest BCUT2D eigenvalue weighted by Gasteiger charge is -2.60. The summed E-state index contributed by atoms with van der Waals surface area (Å²) in [6.07, 6.45) is 1.43. The normalized spacial score (nSPS) is 28.6. The van der Waals surface area contributed by atoms with Gasteiger partial charge in [0, 0.05) is 19.4 Å². The lowest BCUT2D eigenvalue weighted by Crippen LogP contribution is -2.60. The van der Waals surface area contributed by atoms with E-state index in [2.05, 4.69) is 32.9 Å².